The fraction of sp³-hybridized carbons (Fsp3) is 0.533. The summed E-state index contributed by atoms with van der Waals surface area (Å²) in [5.41, 5.74) is 1.23. The summed E-state index contributed by atoms with van der Waals surface area (Å²) in [5.74, 6) is 0.730. The summed E-state index contributed by atoms with van der Waals surface area (Å²) in [5, 5.41) is 6.10. The summed E-state index contributed by atoms with van der Waals surface area (Å²) >= 11 is 0. The molecule has 4 nitrogen and oxygen atoms in total. The van der Waals surface area contributed by atoms with Crippen LogP contribution in [0, 0.1) is 5.41 Å². The zero-order chi connectivity index (χ0) is 13.7. The first-order valence-electron chi connectivity index (χ1n) is 6.82. The van der Waals surface area contributed by atoms with E-state index in [0.717, 1.165) is 18.0 Å². The smallest absolute Gasteiger partial charge is 0.238 e. The van der Waals surface area contributed by atoms with Crippen LogP contribution in [-0.2, 0) is 4.79 Å². The van der Waals surface area contributed by atoms with E-state index in [2.05, 4.69) is 17.6 Å². The molecule has 0 bridgehead atoms. The van der Waals surface area contributed by atoms with E-state index in [-0.39, 0.29) is 5.91 Å². The highest BCUT2D eigenvalue weighted by Gasteiger charge is 2.39. The van der Waals surface area contributed by atoms with Crippen molar-refractivity contribution < 1.29 is 9.53 Å². The third kappa shape index (κ3) is 3.96. The molecule has 0 radical (unpaired) electrons. The van der Waals surface area contributed by atoms with Crippen LogP contribution in [0.15, 0.2) is 24.3 Å². The fourth-order valence-corrected chi connectivity index (χ4v) is 2.18. The van der Waals surface area contributed by atoms with Crippen LogP contribution >= 0.6 is 0 Å². The van der Waals surface area contributed by atoms with E-state index < -0.39 is 0 Å². The molecular weight excluding hydrogens is 240 g/mol. The van der Waals surface area contributed by atoms with E-state index in [0.29, 0.717) is 12.0 Å². The fourth-order valence-electron chi connectivity index (χ4n) is 2.18. The predicted molar refractivity (Wildman–Crippen MR) is 76.5 cm³/mol. The van der Waals surface area contributed by atoms with Gasteiger partial charge in [0.2, 0.25) is 5.91 Å². The molecule has 1 aliphatic carbocycles. The minimum absolute atomic E-state index is 0.0137. The second-order valence-corrected chi connectivity index (χ2v) is 5.24. The molecule has 0 saturated heterocycles. The average Bonchev–Trinajstić information content (AvgIpc) is 3.19. The first-order valence-corrected chi connectivity index (χ1v) is 6.82. The Hall–Kier alpha value is -1.55. The lowest BCUT2D eigenvalue weighted by Crippen LogP contribution is -2.32. The topological polar surface area (TPSA) is 50.4 Å². The number of anilines is 1. The van der Waals surface area contributed by atoms with Gasteiger partial charge in [-0.15, -0.1) is 0 Å². The normalized spacial score (nSPS) is 15.9. The molecule has 1 aliphatic rings. The van der Waals surface area contributed by atoms with Gasteiger partial charge in [0, 0.05) is 18.3 Å². The Morgan fingerprint density at radius 3 is 2.84 bits per heavy atom. The van der Waals surface area contributed by atoms with Gasteiger partial charge in [0.1, 0.15) is 5.75 Å². The first kappa shape index (κ1) is 13.9. The first-order chi connectivity index (χ1) is 9.17. The molecule has 0 spiro atoms. The molecule has 0 atom stereocenters. The van der Waals surface area contributed by atoms with E-state index >= 15 is 0 Å². The van der Waals surface area contributed by atoms with Crippen molar-refractivity contribution >= 4 is 11.6 Å². The summed E-state index contributed by atoms with van der Waals surface area (Å²) in [6, 6.07) is 7.38. The van der Waals surface area contributed by atoms with Crippen molar-refractivity contribution in [1.82, 2.24) is 5.32 Å². The lowest BCUT2D eigenvalue weighted by molar-refractivity contribution is -0.115. The maximum absolute atomic E-state index is 11.8. The maximum Gasteiger partial charge on any atom is 0.238 e. The lowest BCUT2D eigenvalue weighted by Gasteiger charge is -2.13. The molecule has 2 N–H and O–H groups in total. The second kappa shape index (κ2) is 6.06. The average molecular weight is 262 g/mol. The Bertz CT molecular complexity index is 442. The van der Waals surface area contributed by atoms with Crippen LogP contribution in [0.25, 0.3) is 0 Å². The molecule has 0 heterocycles. The van der Waals surface area contributed by atoms with Crippen LogP contribution in [0.1, 0.15) is 26.2 Å². The SMILES string of the molecule is CCC1(CNCC(=O)Nc2cccc(OC)c2)CC1. The van der Waals surface area contributed by atoms with Gasteiger partial charge >= 0.3 is 0 Å². The molecular formula is C15H22N2O2. The largest absolute Gasteiger partial charge is 0.497 e. The Labute approximate surface area is 114 Å². The van der Waals surface area contributed by atoms with Crippen LogP contribution in [0.3, 0.4) is 0 Å². The summed E-state index contributed by atoms with van der Waals surface area (Å²) in [6.07, 6.45) is 3.76. The molecule has 1 saturated carbocycles. The van der Waals surface area contributed by atoms with E-state index in [1.54, 1.807) is 7.11 Å². The van der Waals surface area contributed by atoms with E-state index in [4.69, 9.17) is 4.74 Å². The summed E-state index contributed by atoms with van der Waals surface area (Å²) < 4.78 is 5.12. The van der Waals surface area contributed by atoms with Crippen LogP contribution in [-0.4, -0.2) is 26.1 Å². The van der Waals surface area contributed by atoms with Gasteiger partial charge in [-0.05, 0) is 36.8 Å². The van der Waals surface area contributed by atoms with Crippen LogP contribution in [0.5, 0.6) is 5.75 Å². The van der Waals surface area contributed by atoms with Crippen molar-refractivity contribution in [3.63, 3.8) is 0 Å². The Balaban J connectivity index is 1.74. The van der Waals surface area contributed by atoms with E-state index in [1.807, 2.05) is 24.3 Å². The maximum atomic E-state index is 11.8. The van der Waals surface area contributed by atoms with Crippen molar-refractivity contribution in [3.8, 4) is 5.75 Å². The molecule has 1 amide bonds. The molecule has 0 aliphatic heterocycles. The number of rotatable bonds is 7. The summed E-state index contributed by atoms with van der Waals surface area (Å²) in [6.45, 7) is 3.51. The number of hydrogen-bond acceptors (Lipinski definition) is 3. The van der Waals surface area contributed by atoms with Gasteiger partial charge in [0.25, 0.3) is 0 Å². The summed E-state index contributed by atoms with van der Waals surface area (Å²) in [4.78, 5) is 11.8. The molecule has 0 aromatic heterocycles. The number of carbonyl (C=O) groups excluding carboxylic acids is 1. The number of methoxy groups -OCH3 is 1. The molecule has 1 aromatic rings. The molecule has 1 fully saturated rings. The Morgan fingerprint density at radius 2 is 2.21 bits per heavy atom. The number of hydrogen-bond donors (Lipinski definition) is 2. The number of carbonyl (C=O) groups is 1. The van der Waals surface area contributed by atoms with Gasteiger partial charge < -0.3 is 15.4 Å². The zero-order valence-electron chi connectivity index (χ0n) is 11.7. The highest BCUT2D eigenvalue weighted by atomic mass is 16.5. The molecule has 4 heteroatoms. The second-order valence-electron chi connectivity index (χ2n) is 5.24. The number of benzene rings is 1. The highest BCUT2D eigenvalue weighted by molar-refractivity contribution is 5.92. The van der Waals surface area contributed by atoms with Gasteiger partial charge in [0.15, 0.2) is 0 Å². The quantitative estimate of drug-likeness (QED) is 0.793. The number of amides is 1. The minimum atomic E-state index is -0.0137. The van der Waals surface area contributed by atoms with Crippen LogP contribution in [0.2, 0.25) is 0 Å². The monoisotopic (exact) mass is 262 g/mol. The third-order valence-electron chi connectivity index (χ3n) is 3.85. The van der Waals surface area contributed by atoms with Crippen molar-refractivity contribution in [3.05, 3.63) is 24.3 Å². The highest BCUT2D eigenvalue weighted by Crippen LogP contribution is 2.47. The van der Waals surface area contributed by atoms with Crippen molar-refractivity contribution in [2.24, 2.45) is 5.41 Å². The van der Waals surface area contributed by atoms with E-state index in [1.165, 1.54) is 19.3 Å². The van der Waals surface area contributed by atoms with Gasteiger partial charge in [-0.25, -0.2) is 0 Å². The summed E-state index contributed by atoms with van der Waals surface area (Å²) in [7, 11) is 1.61. The lowest BCUT2D eigenvalue weighted by atomic mass is 10.0. The van der Waals surface area contributed by atoms with Gasteiger partial charge in [-0.3, -0.25) is 4.79 Å². The van der Waals surface area contributed by atoms with Crippen molar-refractivity contribution in [2.75, 3.05) is 25.5 Å². The molecule has 104 valence electrons. The van der Waals surface area contributed by atoms with Gasteiger partial charge in [0.05, 0.1) is 13.7 Å². The van der Waals surface area contributed by atoms with Crippen molar-refractivity contribution in [2.45, 2.75) is 26.2 Å². The number of ether oxygens (including phenoxy) is 1. The van der Waals surface area contributed by atoms with Crippen LogP contribution in [0.4, 0.5) is 5.69 Å². The van der Waals surface area contributed by atoms with E-state index in [9.17, 15) is 4.79 Å². The minimum Gasteiger partial charge on any atom is -0.497 e. The van der Waals surface area contributed by atoms with Gasteiger partial charge in [-0.1, -0.05) is 13.0 Å². The standard InChI is InChI=1S/C15H22N2O2/c1-3-15(7-8-15)11-16-10-14(18)17-12-5-4-6-13(9-12)19-2/h4-6,9,16H,3,7-8,10-11H2,1-2H3,(H,17,18). The van der Waals surface area contributed by atoms with Crippen molar-refractivity contribution in [1.29, 1.82) is 0 Å². The molecule has 0 unspecified atom stereocenters. The molecule has 19 heavy (non-hydrogen) atoms. The van der Waals surface area contributed by atoms with Crippen LogP contribution < -0.4 is 15.4 Å². The molecule has 1 aromatic carbocycles. The Kier molecular flexibility index (Phi) is 4.43. The zero-order valence-corrected chi connectivity index (χ0v) is 11.7. The molecule has 2 rings (SSSR count). The number of nitrogens with one attached hydrogen (secondary N) is 2. The predicted octanol–water partition coefficient (Wildman–Crippen LogP) is 2.41. The van der Waals surface area contributed by atoms with Gasteiger partial charge in [-0.2, -0.15) is 0 Å². The Morgan fingerprint density at radius 1 is 1.42 bits per heavy atom. The third-order valence-corrected chi connectivity index (χ3v) is 3.85.